The van der Waals surface area contributed by atoms with Gasteiger partial charge in [0.05, 0.1) is 5.92 Å². The zero-order chi connectivity index (χ0) is 27.3. The first-order valence-electron chi connectivity index (χ1n) is 15.8. The molecule has 0 aliphatic heterocycles. The number of carbonyl (C=O) groups is 2. The second kappa shape index (κ2) is 30.2. The van der Waals surface area contributed by atoms with Crippen molar-refractivity contribution >= 4 is 11.9 Å². The minimum absolute atomic E-state index is 0.0898. The van der Waals surface area contributed by atoms with E-state index in [1.165, 1.54) is 109 Å². The van der Waals surface area contributed by atoms with E-state index in [-0.39, 0.29) is 5.92 Å². The summed E-state index contributed by atoms with van der Waals surface area (Å²) in [6.45, 7) is 9.00. The molecule has 0 radical (unpaired) electrons. The van der Waals surface area contributed by atoms with Gasteiger partial charge in [0, 0.05) is 6.42 Å². The third kappa shape index (κ3) is 32.9. The van der Waals surface area contributed by atoms with E-state index < -0.39 is 11.9 Å². The Morgan fingerprint density at radius 3 is 1.19 bits per heavy atom. The standard InChI is InChI=1S/2C16H32O2/c1-15(2)13-11-9-7-5-3-4-6-8-10-12-14-16(17)18;1-3-5-7-9-10-12-14-15(16(17)18)13-11-8-6-4-2/h2*15H,3-14H2,1-2H3,(H,17,18). The average molecular weight is 513 g/mol. The van der Waals surface area contributed by atoms with Crippen LogP contribution in [0.25, 0.3) is 0 Å². The monoisotopic (exact) mass is 512 g/mol. The lowest BCUT2D eigenvalue weighted by Gasteiger charge is -2.11. The van der Waals surface area contributed by atoms with Crippen LogP contribution in [0.1, 0.15) is 182 Å². The Morgan fingerprint density at radius 1 is 0.500 bits per heavy atom. The van der Waals surface area contributed by atoms with Crippen LogP contribution in [-0.4, -0.2) is 22.2 Å². The van der Waals surface area contributed by atoms with Crippen molar-refractivity contribution in [2.24, 2.45) is 11.8 Å². The normalized spacial score (nSPS) is 11.8. The van der Waals surface area contributed by atoms with E-state index in [1.807, 2.05) is 0 Å². The Labute approximate surface area is 225 Å². The van der Waals surface area contributed by atoms with Crippen LogP contribution >= 0.6 is 0 Å². The van der Waals surface area contributed by atoms with Crippen LogP contribution in [0.15, 0.2) is 0 Å². The molecule has 2 N–H and O–H groups in total. The highest BCUT2D eigenvalue weighted by atomic mass is 16.4. The van der Waals surface area contributed by atoms with Gasteiger partial charge in [-0.05, 0) is 25.2 Å². The highest BCUT2D eigenvalue weighted by Gasteiger charge is 2.16. The summed E-state index contributed by atoms with van der Waals surface area (Å²) in [6.07, 6.45) is 28.4. The molecule has 0 spiro atoms. The van der Waals surface area contributed by atoms with E-state index in [1.54, 1.807) is 0 Å². The molecule has 0 rings (SSSR count). The summed E-state index contributed by atoms with van der Waals surface area (Å²) in [4.78, 5) is 21.4. The zero-order valence-electron chi connectivity index (χ0n) is 24.8. The highest BCUT2D eigenvalue weighted by Crippen LogP contribution is 2.19. The number of hydrogen-bond acceptors (Lipinski definition) is 2. The summed E-state index contributed by atoms with van der Waals surface area (Å²) >= 11 is 0. The molecule has 0 saturated carbocycles. The van der Waals surface area contributed by atoms with Crippen molar-refractivity contribution in [3.8, 4) is 0 Å². The van der Waals surface area contributed by atoms with E-state index in [4.69, 9.17) is 5.11 Å². The van der Waals surface area contributed by atoms with Crippen LogP contribution in [0.4, 0.5) is 0 Å². The number of aliphatic carboxylic acids is 2. The van der Waals surface area contributed by atoms with Gasteiger partial charge >= 0.3 is 11.9 Å². The number of unbranched alkanes of at least 4 members (excludes halogenated alkanes) is 17. The molecule has 0 saturated heterocycles. The topological polar surface area (TPSA) is 74.6 Å². The van der Waals surface area contributed by atoms with Gasteiger partial charge in [0.2, 0.25) is 0 Å². The largest absolute Gasteiger partial charge is 0.481 e. The predicted molar refractivity (Wildman–Crippen MR) is 156 cm³/mol. The van der Waals surface area contributed by atoms with E-state index in [0.29, 0.717) is 6.42 Å². The molecule has 0 bridgehead atoms. The maximum atomic E-state index is 11.1. The summed E-state index contributed by atoms with van der Waals surface area (Å²) < 4.78 is 0. The molecular formula is C32H64O4. The third-order valence-electron chi connectivity index (χ3n) is 7.08. The van der Waals surface area contributed by atoms with Crippen LogP contribution in [-0.2, 0) is 9.59 Å². The molecule has 0 aromatic rings. The first-order chi connectivity index (χ1) is 17.3. The maximum absolute atomic E-state index is 11.1. The molecule has 1 atom stereocenters. The number of hydrogen-bond donors (Lipinski definition) is 2. The van der Waals surface area contributed by atoms with E-state index in [0.717, 1.165) is 44.4 Å². The van der Waals surface area contributed by atoms with Crippen molar-refractivity contribution in [1.82, 2.24) is 0 Å². The zero-order valence-corrected chi connectivity index (χ0v) is 24.8. The predicted octanol–water partition coefficient (Wildman–Crippen LogP) is 10.8. The van der Waals surface area contributed by atoms with Gasteiger partial charge in [0.1, 0.15) is 0 Å². The molecule has 0 fully saturated rings. The van der Waals surface area contributed by atoms with Gasteiger partial charge in [-0.25, -0.2) is 0 Å². The van der Waals surface area contributed by atoms with Crippen LogP contribution in [0.3, 0.4) is 0 Å². The molecular weight excluding hydrogens is 448 g/mol. The van der Waals surface area contributed by atoms with Gasteiger partial charge in [0.25, 0.3) is 0 Å². The molecule has 0 aromatic heterocycles. The number of carboxylic acid groups (broad SMARTS) is 2. The third-order valence-corrected chi connectivity index (χ3v) is 7.08. The summed E-state index contributed by atoms with van der Waals surface area (Å²) in [6, 6.07) is 0. The van der Waals surface area contributed by atoms with Crippen molar-refractivity contribution in [2.45, 2.75) is 182 Å². The van der Waals surface area contributed by atoms with Crippen molar-refractivity contribution in [3.63, 3.8) is 0 Å². The molecule has 0 aliphatic carbocycles. The van der Waals surface area contributed by atoms with Gasteiger partial charge in [-0.2, -0.15) is 0 Å². The number of carboxylic acids is 2. The molecule has 4 nitrogen and oxygen atoms in total. The van der Waals surface area contributed by atoms with Crippen LogP contribution in [0.2, 0.25) is 0 Å². The van der Waals surface area contributed by atoms with Crippen molar-refractivity contribution in [2.75, 3.05) is 0 Å². The Hall–Kier alpha value is -1.06. The van der Waals surface area contributed by atoms with E-state index in [9.17, 15) is 14.7 Å². The molecule has 0 aromatic carbocycles. The Kier molecular flexibility index (Phi) is 31.1. The lowest BCUT2D eigenvalue weighted by Crippen LogP contribution is -2.13. The smallest absolute Gasteiger partial charge is 0.306 e. The van der Waals surface area contributed by atoms with Crippen molar-refractivity contribution < 1.29 is 19.8 Å². The molecule has 0 aliphatic rings. The summed E-state index contributed by atoms with van der Waals surface area (Å²) in [7, 11) is 0. The maximum Gasteiger partial charge on any atom is 0.306 e. The minimum Gasteiger partial charge on any atom is -0.481 e. The lowest BCUT2D eigenvalue weighted by molar-refractivity contribution is -0.142. The summed E-state index contributed by atoms with van der Waals surface area (Å²) in [5.74, 6) is -0.472. The van der Waals surface area contributed by atoms with Crippen molar-refractivity contribution in [1.29, 1.82) is 0 Å². The van der Waals surface area contributed by atoms with Gasteiger partial charge in [-0.3, -0.25) is 9.59 Å². The van der Waals surface area contributed by atoms with Crippen LogP contribution in [0, 0.1) is 11.8 Å². The first-order valence-corrected chi connectivity index (χ1v) is 15.8. The molecule has 0 heterocycles. The Bertz CT molecular complexity index is 461. The quantitative estimate of drug-likeness (QED) is 0.113. The Morgan fingerprint density at radius 2 is 0.833 bits per heavy atom. The van der Waals surface area contributed by atoms with Gasteiger partial charge < -0.3 is 10.2 Å². The van der Waals surface area contributed by atoms with Crippen LogP contribution < -0.4 is 0 Å². The lowest BCUT2D eigenvalue weighted by atomic mass is 9.94. The Balaban J connectivity index is 0. The highest BCUT2D eigenvalue weighted by molar-refractivity contribution is 5.69. The fourth-order valence-electron chi connectivity index (χ4n) is 4.62. The van der Waals surface area contributed by atoms with Gasteiger partial charge in [-0.1, -0.05) is 156 Å². The fraction of sp³-hybridized carbons (Fsp3) is 0.938. The minimum atomic E-state index is -0.656. The molecule has 4 heteroatoms. The first kappa shape index (κ1) is 37.1. The summed E-state index contributed by atoms with van der Waals surface area (Å²) in [5.41, 5.74) is 0. The SMILES string of the molecule is CC(C)CCCCCCCCCCCCC(=O)O.CCCCCCCCC(CCCCCC)C(=O)O. The molecule has 0 amide bonds. The van der Waals surface area contributed by atoms with E-state index in [2.05, 4.69) is 27.7 Å². The van der Waals surface area contributed by atoms with Crippen LogP contribution in [0.5, 0.6) is 0 Å². The molecule has 1 unspecified atom stereocenters. The van der Waals surface area contributed by atoms with Crippen molar-refractivity contribution in [3.05, 3.63) is 0 Å². The second-order valence-corrected chi connectivity index (χ2v) is 11.3. The van der Waals surface area contributed by atoms with E-state index >= 15 is 0 Å². The fourth-order valence-corrected chi connectivity index (χ4v) is 4.62. The average Bonchev–Trinajstić information content (AvgIpc) is 2.83. The molecule has 36 heavy (non-hydrogen) atoms. The number of rotatable bonds is 26. The molecule has 216 valence electrons. The summed E-state index contributed by atoms with van der Waals surface area (Å²) in [5, 5.41) is 17.7. The second-order valence-electron chi connectivity index (χ2n) is 11.3. The van der Waals surface area contributed by atoms with Gasteiger partial charge in [0.15, 0.2) is 0 Å². The van der Waals surface area contributed by atoms with Gasteiger partial charge in [-0.15, -0.1) is 0 Å².